The summed E-state index contributed by atoms with van der Waals surface area (Å²) in [7, 11) is 1.48. The summed E-state index contributed by atoms with van der Waals surface area (Å²) >= 11 is 13.2. The molecule has 0 radical (unpaired) electrons. The van der Waals surface area contributed by atoms with Crippen LogP contribution in [0.1, 0.15) is 29.7 Å². The summed E-state index contributed by atoms with van der Waals surface area (Å²) in [6.07, 6.45) is 1.72. The predicted octanol–water partition coefficient (Wildman–Crippen LogP) is 6.64. The molecule has 3 aromatic carbocycles. The van der Waals surface area contributed by atoms with Crippen LogP contribution in [0.4, 0.5) is 5.69 Å². The quantitative estimate of drug-likeness (QED) is 0.250. The fourth-order valence-corrected chi connectivity index (χ4v) is 5.47. The molecule has 190 valence electrons. The fourth-order valence-electron chi connectivity index (χ4n) is 3.78. The molecule has 0 aliphatic carbocycles. The lowest BCUT2D eigenvalue weighted by molar-refractivity contribution is -0.123. The molecule has 0 bridgehead atoms. The van der Waals surface area contributed by atoms with Crippen molar-refractivity contribution in [3.05, 3.63) is 93.3 Å². The van der Waals surface area contributed by atoms with Gasteiger partial charge in [-0.05, 0) is 55.3 Å². The third-order valence-electron chi connectivity index (χ3n) is 5.73. The Labute approximate surface area is 230 Å². The molecule has 4 rings (SSSR count). The average molecular weight is 553 g/mol. The number of nitrogens with one attached hydrogen (secondary N) is 1. The first kappa shape index (κ1) is 26.7. The van der Waals surface area contributed by atoms with Gasteiger partial charge in [0.25, 0.3) is 11.8 Å². The van der Waals surface area contributed by atoms with Gasteiger partial charge in [-0.1, -0.05) is 83.6 Å². The molecule has 0 spiro atoms. The van der Waals surface area contributed by atoms with E-state index in [1.807, 2.05) is 68.4 Å². The van der Waals surface area contributed by atoms with Crippen LogP contribution in [0.2, 0.25) is 5.02 Å². The van der Waals surface area contributed by atoms with E-state index in [9.17, 15) is 9.59 Å². The normalized spacial score (nSPS) is 15.1. The van der Waals surface area contributed by atoms with E-state index < -0.39 is 0 Å². The topological polar surface area (TPSA) is 67.9 Å². The Balaban J connectivity index is 1.48. The summed E-state index contributed by atoms with van der Waals surface area (Å²) < 4.78 is 11.6. The van der Waals surface area contributed by atoms with Crippen molar-refractivity contribution >= 4 is 63.5 Å². The minimum absolute atomic E-state index is 0.172. The number of benzene rings is 3. The van der Waals surface area contributed by atoms with Gasteiger partial charge in [0.1, 0.15) is 4.32 Å². The third kappa shape index (κ3) is 6.33. The van der Waals surface area contributed by atoms with Crippen LogP contribution in [-0.4, -0.2) is 34.8 Å². The highest BCUT2D eigenvalue weighted by Crippen LogP contribution is 2.41. The molecular weight excluding hydrogens is 528 g/mol. The standard InChI is InChI=1S/C28H25ClN2O4S2/c1-17-9-11-21(12-10-17)30-25(32)16-35-26-22(29)13-19(14-23(26)34-3)15-24-27(33)31(28(36)37-24)18(2)20-7-5-4-6-8-20/h4-15,18H,16H2,1-3H3,(H,30,32)/b24-15-/t18-/m1/s1. The number of carbonyl (C=O) groups is 2. The number of rotatable bonds is 8. The predicted molar refractivity (Wildman–Crippen MR) is 153 cm³/mol. The van der Waals surface area contributed by atoms with E-state index in [0.29, 0.717) is 26.2 Å². The minimum atomic E-state index is -0.331. The van der Waals surface area contributed by atoms with Crippen LogP contribution < -0.4 is 14.8 Å². The number of amides is 2. The highest BCUT2D eigenvalue weighted by atomic mass is 35.5. The van der Waals surface area contributed by atoms with Crippen molar-refractivity contribution in [1.82, 2.24) is 4.90 Å². The van der Waals surface area contributed by atoms with E-state index in [1.165, 1.54) is 18.9 Å². The maximum Gasteiger partial charge on any atom is 0.266 e. The summed E-state index contributed by atoms with van der Waals surface area (Å²) in [6, 6.07) is 20.4. The molecule has 1 N–H and O–H groups in total. The number of thiocarbonyl (C=S) groups is 1. The lowest BCUT2D eigenvalue weighted by Gasteiger charge is -2.23. The van der Waals surface area contributed by atoms with Gasteiger partial charge in [0.05, 0.1) is 23.1 Å². The molecule has 2 amide bonds. The Morgan fingerprint density at radius 1 is 1.16 bits per heavy atom. The SMILES string of the molecule is COc1cc(/C=C2\SC(=S)N([C@H](C)c3ccccc3)C2=O)cc(Cl)c1OCC(=O)Nc1ccc(C)cc1. The largest absolute Gasteiger partial charge is 0.493 e. The van der Waals surface area contributed by atoms with Gasteiger partial charge in [-0.25, -0.2) is 0 Å². The van der Waals surface area contributed by atoms with Crippen molar-refractivity contribution in [3.63, 3.8) is 0 Å². The van der Waals surface area contributed by atoms with E-state index in [2.05, 4.69) is 5.32 Å². The second-order valence-electron chi connectivity index (χ2n) is 8.38. The Hall–Kier alpha value is -3.33. The molecule has 0 unspecified atom stereocenters. The Morgan fingerprint density at radius 3 is 2.54 bits per heavy atom. The summed E-state index contributed by atoms with van der Waals surface area (Å²) in [6.45, 7) is 3.67. The lowest BCUT2D eigenvalue weighted by Crippen LogP contribution is -2.30. The Morgan fingerprint density at radius 2 is 1.86 bits per heavy atom. The average Bonchev–Trinajstić information content (AvgIpc) is 3.16. The Kier molecular flexibility index (Phi) is 8.53. The van der Waals surface area contributed by atoms with Crippen molar-refractivity contribution in [3.8, 4) is 11.5 Å². The zero-order valence-corrected chi connectivity index (χ0v) is 22.9. The highest BCUT2D eigenvalue weighted by Gasteiger charge is 2.36. The number of thioether (sulfide) groups is 1. The number of nitrogens with zero attached hydrogens (tertiary/aromatic N) is 1. The lowest BCUT2D eigenvalue weighted by atomic mass is 10.1. The van der Waals surface area contributed by atoms with Gasteiger partial charge < -0.3 is 14.8 Å². The van der Waals surface area contributed by atoms with Crippen LogP contribution >= 0.6 is 35.6 Å². The molecule has 9 heteroatoms. The van der Waals surface area contributed by atoms with E-state index in [1.54, 1.807) is 23.1 Å². The first-order valence-corrected chi connectivity index (χ1v) is 13.1. The van der Waals surface area contributed by atoms with Gasteiger partial charge in [0.2, 0.25) is 0 Å². The van der Waals surface area contributed by atoms with Gasteiger partial charge in [-0.3, -0.25) is 14.5 Å². The van der Waals surface area contributed by atoms with Crippen LogP contribution in [0.15, 0.2) is 71.6 Å². The molecule has 0 aromatic heterocycles. The third-order valence-corrected chi connectivity index (χ3v) is 7.34. The monoisotopic (exact) mass is 552 g/mol. The number of hydrogen-bond acceptors (Lipinski definition) is 6. The summed E-state index contributed by atoms with van der Waals surface area (Å²) in [5, 5.41) is 3.03. The van der Waals surface area contributed by atoms with Crippen LogP contribution in [0, 0.1) is 6.92 Å². The van der Waals surface area contributed by atoms with Crippen molar-refractivity contribution in [2.45, 2.75) is 19.9 Å². The summed E-state index contributed by atoms with van der Waals surface area (Å²) in [5.74, 6) is 0.0810. The van der Waals surface area contributed by atoms with E-state index in [4.69, 9.17) is 33.3 Å². The number of aryl methyl sites for hydroxylation is 1. The van der Waals surface area contributed by atoms with Crippen LogP contribution in [0.5, 0.6) is 11.5 Å². The fraction of sp³-hybridized carbons (Fsp3) is 0.179. The van der Waals surface area contributed by atoms with Crippen molar-refractivity contribution in [1.29, 1.82) is 0 Å². The number of anilines is 1. The first-order chi connectivity index (χ1) is 17.8. The number of carbonyl (C=O) groups excluding carboxylic acids is 2. The maximum absolute atomic E-state index is 13.2. The zero-order chi connectivity index (χ0) is 26.5. The maximum atomic E-state index is 13.2. The van der Waals surface area contributed by atoms with Gasteiger partial charge >= 0.3 is 0 Å². The van der Waals surface area contributed by atoms with Gasteiger partial charge in [0, 0.05) is 5.69 Å². The molecule has 0 saturated carbocycles. The number of hydrogen-bond donors (Lipinski definition) is 1. The second-order valence-corrected chi connectivity index (χ2v) is 10.5. The van der Waals surface area contributed by atoms with Gasteiger partial charge in [0.15, 0.2) is 18.1 Å². The number of ether oxygens (including phenoxy) is 2. The summed E-state index contributed by atoms with van der Waals surface area (Å²) in [5.41, 5.74) is 3.41. The molecule has 1 heterocycles. The molecule has 1 saturated heterocycles. The second kappa shape index (κ2) is 11.8. The van der Waals surface area contributed by atoms with Crippen LogP contribution in [0.3, 0.4) is 0 Å². The van der Waals surface area contributed by atoms with E-state index >= 15 is 0 Å². The zero-order valence-electron chi connectivity index (χ0n) is 20.5. The van der Waals surface area contributed by atoms with E-state index in [0.717, 1.165) is 11.1 Å². The Bertz CT molecular complexity index is 1360. The van der Waals surface area contributed by atoms with Crippen LogP contribution in [0.25, 0.3) is 6.08 Å². The smallest absolute Gasteiger partial charge is 0.266 e. The molecule has 6 nitrogen and oxygen atoms in total. The van der Waals surface area contributed by atoms with Crippen molar-refractivity contribution < 1.29 is 19.1 Å². The van der Waals surface area contributed by atoms with Gasteiger partial charge in [-0.15, -0.1) is 0 Å². The highest BCUT2D eigenvalue weighted by molar-refractivity contribution is 8.26. The van der Waals surface area contributed by atoms with Crippen molar-refractivity contribution in [2.75, 3.05) is 19.0 Å². The minimum Gasteiger partial charge on any atom is -0.493 e. The molecule has 1 aliphatic heterocycles. The summed E-state index contributed by atoms with van der Waals surface area (Å²) in [4.78, 5) is 27.6. The molecule has 1 fully saturated rings. The van der Waals surface area contributed by atoms with Gasteiger partial charge in [-0.2, -0.15) is 0 Å². The molecule has 1 aliphatic rings. The first-order valence-electron chi connectivity index (χ1n) is 11.5. The van der Waals surface area contributed by atoms with E-state index in [-0.39, 0.29) is 35.2 Å². The number of methoxy groups -OCH3 is 1. The van der Waals surface area contributed by atoms with Crippen LogP contribution in [-0.2, 0) is 9.59 Å². The molecule has 37 heavy (non-hydrogen) atoms. The molecule has 3 aromatic rings. The molecule has 1 atom stereocenters. The van der Waals surface area contributed by atoms with Crippen molar-refractivity contribution in [2.24, 2.45) is 0 Å². The number of halogens is 1. The molecular formula is C28H25ClN2O4S2.